The van der Waals surface area contributed by atoms with Crippen LogP contribution in [0.1, 0.15) is 61.0 Å². The van der Waals surface area contributed by atoms with Gasteiger partial charge in [0.25, 0.3) is 0 Å². The monoisotopic (exact) mass is 511 g/mol. The van der Waals surface area contributed by atoms with Crippen LogP contribution in [0.25, 0.3) is 11.3 Å². The number of pyridine rings is 2. The van der Waals surface area contributed by atoms with Crippen LogP contribution < -0.4 is 9.80 Å². The van der Waals surface area contributed by atoms with Crippen molar-refractivity contribution in [1.29, 1.82) is 0 Å². The number of anilines is 2. The first-order valence-electron chi connectivity index (χ1n) is 12.8. The van der Waals surface area contributed by atoms with Crippen LogP contribution in [0, 0.1) is 6.92 Å². The van der Waals surface area contributed by atoms with Crippen LogP contribution in [0.15, 0.2) is 30.5 Å². The highest BCUT2D eigenvalue weighted by molar-refractivity contribution is 5.88. The summed E-state index contributed by atoms with van der Waals surface area (Å²) in [5.41, 5.74) is 1.60. The largest absolute Gasteiger partial charge is 0.444 e. The van der Waals surface area contributed by atoms with Gasteiger partial charge in [0.1, 0.15) is 22.8 Å². The molecule has 1 aliphatic rings. The lowest BCUT2D eigenvalue weighted by Crippen LogP contribution is -2.50. The summed E-state index contributed by atoms with van der Waals surface area (Å²) >= 11 is 0. The highest BCUT2D eigenvalue weighted by Crippen LogP contribution is 2.28. The summed E-state index contributed by atoms with van der Waals surface area (Å²) in [4.78, 5) is 40.2. The molecule has 0 aliphatic carbocycles. The van der Waals surface area contributed by atoms with E-state index in [1.165, 1.54) is 0 Å². The minimum Gasteiger partial charge on any atom is -0.444 e. The minimum atomic E-state index is -0.609. The molecule has 37 heavy (non-hydrogen) atoms. The van der Waals surface area contributed by atoms with Gasteiger partial charge in [0.15, 0.2) is 0 Å². The molecule has 3 rings (SSSR count). The zero-order valence-electron chi connectivity index (χ0n) is 23.7. The van der Waals surface area contributed by atoms with Gasteiger partial charge in [-0.25, -0.2) is 19.6 Å². The molecule has 1 saturated heterocycles. The second kappa shape index (κ2) is 10.9. The zero-order chi connectivity index (χ0) is 27.5. The van der Waals surface area contributed by atoms with Gasteiger partial charge in [-0.2, -0.15) is 0 Å². The Hall–Kier alpha value is -3.36. The van der Waals surface area contributed by atoms with Crippen molar-refractivity contribution in [1.82, 2.24) is 14.9 Å². The number of aromatic nitrogens is 2. The highest BCUT2D eigenvalue weighted by atomic mass is 16.6. The summed E-state index contributed by atoms with van der Waals surface area (Å²) in [7, 11) is 0. The van der Waals surface area contributed by atoms with Crippen molar-refractivity contribution in [3.63, 3.8) is 0 Å². The average molecular weight is 512 g/mol. The van der Waals surface area contributed by atoms with E-state index < -0.39 is 17.3 Å². The predicted molar refractivity (Wildman–Crippen MR) is 146 cm³/mol. The Labute approximate surface area is 220 Å². The topological polar surface area (TPSA) is 88.1 Å². The summed E-state index contributed by atoms with van der Waals surface area (Å²) < 4.78 is 11.1. The van der Waals surface area contributed by atoms with Crippen LogP contribution in [0.5, 0.6) is 0 Å². The summed E-state index contributed by atoms with van der Waals surface area (Å²) in [6.07, 6.45) is 0.968. The molecular weight excluding hydrogens is 470 g/mol. The standard InChI is InChI=1S/C28H41N5O4/c1-19(2)33(26(35)37-28(7,8)9)23-18-21(10-11-29-23)22-16-20(3)17-24(30-22)31-12-14-32(15-13-31)25(34)36-27(4,5)6/h10-11,16-19H,12-15H2,1-9H3. The summed E-state index contributed by atoms with van der Waals surface area (Å²) in [5, 5.41) is 0. The molecule has 202 valence electrons. The smallest absolute Gasteiger partial charge is 0.416 e. The molecule has 0 bridgehead atoms. The van der Waals surface area contributed by atoms with E-state index in [-0.39, 0.29) is 12.1 Å². The number of carbonyl (C=O) groups excluding carboxylic acids is 2. The Balaban J connectivity index is 1.81. The van der Waals surface area contributed by atoms with Crippen LogP contribution in [0.2, 0.25) is 0 Å². The van der Waals surface area contributed by atoms with Gasteiger partial charge < -0.3 is 19.3 Å². The van der Waals surface area contributed by atoms with Crippen molar-refractivity contribution < 1.29 is 19.1 Å². The van der Waals surface area contributed by atoms with Gasteiger partial charge in [-0.15, -0.1) is 0 Å². The normalized spacial score (nSPS) is 14.5. The van der Waals surface area contributed by atoms with Crippen molar-refractivity contribution in [3.05, 3.63) is 36.0 Å². The van der Waals surface area contributed by atoms with E-state index in [9.17, 15) is 9.59 Å². The zero-order valence-corrected chi connectivity index (χ0v) is 23.7. The molecule has 0 saturated carbocycles. The molecule has 3 heterocycles. The van der Waals surface area contributed by atoms with E-state index in [0.29, 0.717) is 32.0 Å². The number of rotatable bonds is 4. The Morgan fingerprint density at radius 2 is 1.57 bits per heavy atom. The molecule has 0 aromatic carbocycles. The number of hydrogen-bond donors (Lipinski definition) is 0. The van der Waals surface area contributed by atoms with Crippen LogP contribution in [0.4, 0.5) is 21.2 Å². The van der Waals surface area contributed by atoms with Crippen LogP contribution in [-0.2, 0) is 9.47 Å². The highest BCUT2D eigenvalue weighted by Gasteiger charge is 2.28. The van der Waals surface area contributed by atoms with Crippen molar-refractivity contribution in [2.45, 2.75) is 79.6 Å². The van der Waals surface area contributed by atoms with Crippen molar-refractivity contribution >= 4 is 23.8 Å². The van der Waals surface area contributed by atoms with Crippen LogP contribution in [-0.4, -0.2) is 70.5 Å². The second-order valence-corrected chi connectivity index (χ2v) is 11.7. The average Bonchev–Trinajstić information content (AvgIpc) is 2.76. The molecule has 2 aromatic rings. The Kier molecular flexibility index (Phi) is 8.35. The fraction of sp³-hybridized carbons (Fsp3) is 0.571. The Morgan fingerprint density at radius 3 is 2.14 bits per heavy atom. The van der Waals surface area contributed by atoms with Crippen molar-refractivity contribution in [2.75, 3.05) is 36.0 Å². The van der Waals surface area contributed by atoms with E-state index in [1.807, 2.05) is 80.5 Å². The fourth-order valence-corrected chi connectivity index (χ4v) is 3.99. The fourth-order valence-electron chi connectivity index (χ4n) is 3.99. The van der Waals surface area contributed by atoms with Gasteiger partial charge in [-0.3, -0.25) is 4.90 Å². The van der Waals surface area contributed by atoms with Gasteiger partial charge in [0.05, 0.1) is 5.69 Å². The molecular formula is C28H41N5O4. The maximum absolute atomic E-state index is 12.9. The molecule has 1 fully saturated rings. The first kappa shape index (κ1) is 28.2. The van der Waals surface area contributed by atoms with E-state index in [1.54, 1.807) is 16.0 Å². The van der Waals surface area contributed by atoms with E-state index in [2.05, 4.69) is 16.0 Å². The molecule has 0 N–H and O–H groups in total. The molecule has 2 amide bonds. The summed E-state index contributed by atoms with van der Waals surface area (Å²) in [5.74, 6) is 1.36. The summed E-state index contributed by atoms with van der Waals surface area (Å²) in [6, 6.07) is 7.70. The molecule has 2 aromatic heterocycles. The molecule has 0 unspecified atom stereocenters. The molecule has 0 radical (unpaired) electrons. The minimum absolute atomic E-state index is 0.139. The van der Waals surface area contributed by atoms with E-state index >= 15 is 0 Å². The van der Waals surface area contributed by atoms with Crippen LogP contribution in [0.3, 0.4) is 0 Å². The SMILES string of the molecule is Cc1cc(-c2ccnc(N(C(=O)OC(C)(C)C)C(C)C)c2)nc(N2CCN(C(=O)OC(C)(C)C)CC2)c1. The molecule has 0 spiro atoms. The predicted octanol–water partition coefficient (Wildman–Crippen LogP) is 5.66. The van der Waals surface area contributed by atoms with E-state index in [4.69, 9.17) is 14.5 Å². The number of carbonyl (C=O) groups is 2. The summed E-state index contributed by atoms with van der Waals surface area (Å²) in [6.45, 7) is 19.5. The number of piperazine rings is 1. The molecule has 1 aliphatic heterocycles. The first-order valence-corrected chi connectivity index (χ1v) is 12.8. The molecule has 0 atom stereocenters. The Bertz CT molecular complexity index is 1110. The van der Waals surface area contributed by atoms with Crippen molar-refractivity contribution in [2.24, 2.45) is 0 Å². The lowest BCUT2D eigenvalue weighted by Gasteiger charge is -2.36. The van der Waals surface area contributed by atoms with Gasteiger partial charge in [-0.1, -0.05) is 0 Å². The number of hydrogen-bond acceptors (Lipinski definition) is 7. The van der Waals surface area contributed by atoms with Crippen molar-refractivity contribution in [3.8, 4) is 11.3 Å². The number of amides is 2. The quantitative estimate of drug-likeness (QED) is 0.523. The maximum atomic E-state index is 12.9. The number of ether oxygens (including phenoxy) is 2. The van der Waals surface area contributed by atoms with Crippen LogP contribution >= 0.6 is 0 Å². The lowest BCUT2D eigenvalue weighted by atomic mass is 10.1. The molecule has 9 heteroatoms. The third-order valence-corrected chi connectivity index (χ3v) is 5.61. The number of nitrogens with zero attached hydrogens (tertiary/aromatic N) is 5. The number of aryl methyl sites for hydroxylation is 1. The molecule has 9 nitrogen and oxygen atoms in total. The van der Waals surface area contributed by atoms with Gasteiger partial charge in [0.2, 0.25) is 0 Å². The maximum Gasteiger partial charge on any atom is 0.416 e. The first-order chi connectivity index (χ1) is 17.1. The third kappa shape index (κ3) is 7.81. The van der Waals surface area contributed by atoms with Gasteiger partial charge >= 0.3 is 12.2 Å². The van der Waals surface area contributed by atoms with Gasteiger partial charge in [-0.05, 0) is 92.1 Å². The Morgan fingerprint density at radius 1 is 0.946 bits per heavy atom. The lowest BCUT2D eigenvalue weighted by molar-refractivity contribution is 0.0240. The second-order valence-electron chi connectivity index (χ2n) is 11.7. The third-order valence-electron chi connectivity index (χ3n) is 5.61. The van der Waals surface area contributed by atoms with E-state index in [0.717, 1.165) is 22.6 Å². The van der Waals surface area contributed by atoms with Gasteiger partial charge in [0, 0.05) is 44.0 Å².